The van der Waals surface area contributed by atoms with E-state index in [2.05, 4.69) is 33.9 Å². The van der Waals surface area contributed by atoms with Crippen molar-refractivity contribution in [3.63, 3.8) is 0 Å². The molecule has 2 aliphatic rings. The lowest BCUT2D eigenvalue weighted by Crippen LogP contribution is -2.52. The van der Waals surface area contributed by atoms with Gasteiger partial charge in [0.15, 0.2) is 0 Å². The number of nitrogens with one attached hydrogen (secondary N) is 1. The normalized spacial score (nSPS) is 21.4. The van der Waals surface area contributed by atoms with E-state index >= 15 is 0 Å². The van der Waals surface area contributed by atoms with E-state index in [0.717, 1.165) is 49.2 Å². The van der Waals surface area contributed by atoms with Gasteiger partial charge >= 0.3 is 0 Å². The van der Waals surface area contributed by atoms with Crippen molar-refractivity contribution in [1.82, 2.24) is 20.0 Å². The molecule has 2 fully saturated rings. The number of hydrazine groups is 1. The molecule has 0 radical (unpaired) electrons. The number of piperidine rings is 2. The van der Waals surface area contributed by atoms with Gasteiger partial charge < -0.3 is 9.80 Å². The summed E-state index contributed by atoms with van der Waals surface area (Å²) >= 11 is 0. The first-order chi connectivity index (χ1) is 17.0. The van der Waals surface area contributed by atoms with E-state index in [-0.39, 0.29) is 11.3 Å². The highest BCUT2D eigenvalue weighted by atomic mass is 16.2. The van der Waals surface area contributed by atoms with Crippen molar-refractivity contribution in [3.05, 3.63) is 66.0 Å². The number of hydrogen-bond donors (Lipinski definition) is 2. The van der Waals surface area contributed by atoms with Crippen molar-refractivity contribution >= 4 is 34.9 Å². The van der Waals surface area contributed by atoms with Gasteiger partial charge in [0, 0.05) is 42.2 Å². The molecule has 35 heavy (non-hydrogen) atoms. The molecule has 2 aromatic carbocycles. The minimum absolute atomic E-state index is 0.0967. The number of anilines is 1. The highest BCUT2D eigenvalue weighted by molar-refractivity contribution is 5.95. The van der Waals surface area contributed by atoms with Crippen LogP contribution in [-0.2, 0) is 0 Å². The van der Waals surface area contributed by atoms with E-state index in [1.807, 2.05) is 53.4 Å². The Morgan fingerprint density at radius 1 is 1.14 bits per heavy atom. The Kier molecular flexibility index (Phi) is 6.40. The lowest BCUT2D eigenvalue weighted by atomic mass is 9.74. The van der Waals surface area contributed by atoms with Crippen molar-refractivity contribution in [2.75, 3.05) is 38.2 Å². The number of likely N-dealkylation sites (tertiary alicyclic amines) is 2. The lowest BCUT2D eigenvalue weighted by molar-refractivity contribution is 0.0206. The highest BCUT2D eigenvalue weighted by Gasteiger charge is 2.39. The maximum atomic E-state index is 13.3. The molecule has 2 saturated heterocycles. The Labute approximate surface area is 206 Å². The molecule has 1 amide bonds. The average molecular weight is 472 g/mol. The Balaban J connectivity index is 1.31. The number of benzene rings is 2. The molecule has 5 rings (SSSR count). The maximum Gasteiger partial charge on any atom is 0.253 e. The summed E-state index contributed by atoms with van der Waals surface area (Å²) in [6, 6.07) is 15.3. The molecule has 0 aliphatic carbocycles. The molecule has 182 valence electrons. The second-order valence-electron chi connectivity index (χ2n) is 9.92. The molecule has 1 spiro atoms. The highest BCUT2D eigenvalue weighted by Crippen LogP contribution is 2.38. The molecule has 3 aromatic rings. The van der Waals surface area contributed by atoms with Gasteiger partial charge in [-0.15, -0.1) is 0 Å². The first kappa shape index (κ1) is 23.3. The van der Waals surface area contributed by atoms with Crippen molar-refractivity contribution in [1.29, 1.82) is 0 Å². The predicted molar refractivity (Wildman–Crippen MR) is 141 cm³/mol. The van der Waals surface area contributed by atoms with E-state index in [0.29, 0.717) is 17.0 Å². The monoisotopic (exact) mass is 471 g/mol. The van der Waals surface area contributed by atoms with Gasteiger partial charge in [0.2, 0.25) is 0 Å². The topological polar surface area (TPSA) is 93.8 Å². The average Bonchev–Trinajstić information content (AvgIpc) is 3.31. The number of nitrogens with zero attached hydrogens (tertiary/aromatic N) is 5. The van der Waals surface area contributed by atoms with Gasteiger partial charge in [-0.25, -0.2) is 5.84 Å². The SMILES string of the molecule is C=N/C(=C\N(N)c1ccc(C(=O)N2CCCC3(CCCN(C)C3)C2)cc1)c1n[nH]c2ccccc12. The van der Waals surface area contributed by atoms with Gasteiger partial charge in [-0.05, 0) is 76.3 Å². The Morgan fingerprint density at radius 3 is 2.63 bits per heavy atom. The number of rotatable bonds is 5. The van der Waals surface area contributed by atoms with E-state index in [1.165, 1.54) is 24.3 Å². The van der Waals surface area contributed by atoms with E-state index < -0.39 is 0 Å². The number of aromatic amines is 1. The van der Waals surface area contributed by atoms with Crippen LogP contribution in [0.1, 0.15) is 41.7 Å². The molecule has 0 bridgehead atoms. The van der Waals surface area contributed by atoms with Crippen LogP contribution in [0.15, 0.2) is 59.7 Å². The quantitative estimate of drug-likeness (QED) is 0.335. The summed E-state index contributed by atoms with van der Waals surface area (Å²) in [5.41, 5.74) is 3.83. The number of H-pyrrole nitrogens is 1. The molecular formula is C27H33N7O. The van der Waals surface area contributed by atoms with Crippen LogP contribution in [0.3, 0.4) is 0 Å². The number of nitrogens with two attached hydrogens (primary N) is 1. The predicted octanol–water partition coefficient (Wildman–Crippen LogP) is 3.89. The van der Waals surface area contributed by atoms with Crippen molar-refractivity contribution in [3.8, 4) is 0 Å². The van der Waals surface area contributed by atoms with Crippen molar-refractivity contribution in [2.45, 2.75) is 25.7 Å². The maximum absolute atomic E-state index is 13.3. The number of fused-ring (bicyclic) bond motifs is 1. The van der Waals surface area contributed by atoms with Gasteiger partial charge in [-0.2, -0.15) is 5.10 Å². The molecule has 3 N–H and O–H groups in total. The van der Waals surface area contributed by atoms with Crippen LogP contribution in [0.2, 0.25) is 0 Å². The van der Waals surface area contributed by atoms with Crippen molar-refractivity contribution in [2.24, 2.45) is 16.3 Å². The Bertz CT molecular complexity index is 1240. The van der Waals surface area contributed by atoms with Crippen molar-refractivity contribution < 1.29 is 4.79 Å². The molecule has 8 nitrogen and oxygen atoms in total. The number of amides is 1. The summed E-state index contributed by atoms with van der Waals surface area (Å²) in [4.78, 5) is 21.9. The number of aliphatic imine (C=N–C) groups is 1. The Hall–Kier alpha value is -3.49. The van der Waals surface area contributed by atoms with Crippen LogP contribution in [0.25, 0.3) is 16.6 Å². The molecule has 3 heterocycles. The third kappa shape index (κ3) is 4.72. The summed E-state index contributed by atoms with van der Waals surface area (Å²) in [5.74, 6) is 6.42. The third-order valence-electron chi connectivity index (χ3n) is 7.36. The number of carbonyl (C=O) groups is 1. The second-order valence-corrected chi connectivity index (χ2v) is 9.92. The van der Waals surface area contributed by atoms with Crippen LogP contribution in [-0.4, -0.2) is 65.8 Å². The van der Waals surface area contributed by atoms with Gasteiger partial charge in [-0.3, -0.25) is 19.9 Å². The fourth-order valence-corrected chi connectivity index (χ4v) is 5.67. The van der Waals surface area contributed by atoms with Gasteiger partial charge in [0.1, 0.15) is 11.4 Å². The first-order valence-corrected chi connectivity index (χ1v) is 12.2. The zero-order chi connectivity index (χ0) is 24.4. The van der Waals surface area contributed by atoms with E-state index in [4.69, 9.17) is 5.84 Å². The molecule has 0 saturated carbocycles. The number of para-hydroxylation sites is 1. The molecule has 1 atom stereocenters. The zero-order valence-electron chi connectivity index (χ0n) is 20.3. The summed E-state index contributed by atoms with van der Waals surface area (Å²) < 4.78 is 0. The molecule has 8 heteroatoms. The number of carbonyl (C=O) groups excluding carboxylic acids is 1. The van der Waals surface area contributed by atoms with Gasteiger partial charge in [-0.1, -0.05) is 18.2 Å². The van der Waals surface area contributed by atoms with Gasteiger partial charge in [0.25, 0.3) is 5.91 Å². The fourth-order valence-electron chi connectivity index (χ4n) is 5.67. The number of hydrogen-bond acceptors (Lipinski definition) is 6. The summed E-state index contributed by atoms with van der Waals surface area (Å²) in [6.07, 6.45) is 6.39. The second kappa shape index (κ2) is 9.64. The van der Waals surface area contributed by atoms with Crippen LogP contribution in [0.4, 0.5) is 5.69 Å². The fraction of sp³-hybridized carbons (Fsp3) is 0.370. The molecule has 1 unspecified atom stereocenters. The lowest BCUT2D eigenvalue weighted by Gasteiger charge is -2.47. The molecule has 2 aliphatic heterocycles. The summed E-state index contributed by atoms with van der Waals surface area (Å²) in [5, 5.41) is 9.82. The third-order valence-corrected chi connectivity index (χ3v) is 7.36. The minimum atomic E-state index is 0.0967. The first-order valence-electron chi connectivity index (χ1n) is 12.2. The van der Waals surface area contributed by atoms with Gasteiger partial charge in [0.05, 0.1) is 11.2 Å². The minimum Gasteiger partial charge on any atom is -0.338 e. The molecule has 1 aromatic heterocycles. The molecular weight excluding hydrogens is 438 g/mol. The van der Waals surface area contributed by atoms with Crippen LogP contribution >= 0.6 is 0 Å². The number of aromatic nitrogens is 2. The summed E-state index contributed by atoms with van der Waals surface area (Å²) in [7, 11) is 2.19. The van der Waals surface area contributed by atoms with E-state index in [9.17, 15) is 4.79 Å². The standard InChI is InChI=1S/C27H33N7O/c1-29-24(25-22-7-3-4-8-23(22)30-31-25)17-34(28)21-11-9-20(10-12-21)26(35)33-16-6-14-27(19-33)13-5-15-32(2)18-27/h3-4,7-12,17H,1,5-6,13-16,18-19,28H2,2H3,(H,30,31)/b24-17-. The van der Waals surface area contributed by atoms with Crippen LogP contribution in [0, 0.1) is 5.41 Å². The smallest absolute Gasteiger partial charge is 0.253 e. The van der Waals surface area contributed by atoms with E-state index in [1.54, 1.807) is 6.20 Å². The van der Waals surface area contributed by atoms with Crippen LogP contribution < -0.4 is 10.9 Å². The zero-order valence-corrected chi connectivity index (χ0v) is 20.3. The summed E-state index contributed by atoms with van der Waals surface area (Å²) in [6.45, 7) is 7.59. The van der Waals surface area contributed by atoms with Crippen LogP contribution in [0.5, 0.6) is 0 Å². The largest absolute Gasteiger partial charge is 0.338 e. The Morgan fingerprint density at radius 2 is 1.89 bits per heavy atom.